The first-order chi connectivity index (χ1) is 8.78. The molecule has 0 saturated carbocycles. The molecule has 1 aromatic rings. The summed E-state index contributed by atoms with van der Waals surface area (Å²) in [5.41, 5.74) is 5.55. The van der Waals surface area contributed by atoms with Crippen molar-refractivity contribution in [3.05, 3.63) is 35.9 Å². The van der Waals surface area contributed by atoms with Gasteiger partial charge in [-0.05, 0) is 17.6 Å². The third-order valence-corrected chi connectivity index (χ3v) is 2.24. The molecule has 0 atom stereocenters. The van der Waals surface area contributed by atoms with Crippen LogP contribution in [0.4, 0.5) is 0 Å². The largest absolute Gasteiger partial charge is 0.426 e. The number of primary amides is 1. The van der Waals surface area contributed by atoms with Gasteiger partial charge in [-0.2, -0.15) is 0 Å². The molecule has 0 heterocycles. The molecule has 0 saturated heterocycles. The average molecular weight is 261 g/mol. The molecule has 0 unspecified atom stereocenters. The van der Waals surface area contributed by atoms with Crippen molar-refractivity contribution in [2.75, 3.05) is 0 Å². The highest BCUT2D eigenvalue weighted by molar-refractivity contribution is 5.90. The first-order valence-electron chi connectivity index (χ1n) is 6.05. The molecule has 0 aliphatic carbocycles. The first kappa shape index (κ1) is 15.0. The molecule has 2 N–H and O–H groups in total. The minimum atomic E-state index is -0.546. The summed E-state index contributed by atoms with van der Waals surface area (Å²) in [6.45, 7) is 5.90. The Balaban J connectivity index is 2.84. The molecule has 4 heteroatoms. The van der Waals surface area contributed by atoms with E-state index >= 15 is 0 Å². The number of hydrogen-bond acceptors (Lipinski definition) is 3. The maximum Gasteiger partial charge on any atom is 0.311 e. The lowest BCUT2D eigenvalue weighted by Gasteiger charge is -2.17. The number of rotatable bonds is 4. The van der Waals surface area contributed by atoms with Crippen molar-refractivity contribution in [1.29, 1.82) is 0 Å². The van der Waals surface area contributed by atoms with Crippen molar-refractivity contribution in [2.24, 2.45) is 11.1 Å². The second-order valence-corrected chi connectivity index (χ2v) is 5.49. The molecule has 4 nitrogen and oxygen atoms in total. The number of nitrogens with two attached hydrogens (primary N) is 1. The van der Waals surface area contributed by atoms with Crippen LogP contribution in [0.2, 0.25) is 0 Å². The molecule has 102 valence electrons. The average Bonchev–Trinajstić information content (AvgIpc) is 2.25. The van der Waals surface area contributed by atoms with Gasteiger partial charge < -0.3 is 10.5 Å². The smallest absolute Gasteiger partial charge is 0.311 e. The van der Waals surface area contributed by atoms with Gasteiger partial charge in [-0.25, -0.2) is 0 Å². The Bertz CT molecular complexity index is 498. The highest BCUT2D eigenvalue weighted by atomic mass is 16.5. The fourth-order valence-corrected chi connectivity index (χ4v) is 1.47. The van der Waals surface area contributed by atoms with E-state index in [-0.39, 0.29) is 11.4 Å². The van der Waals surface area contributed by atoms with E-state index in [0.717, 1.165) is 0 Å². The van der Waals surface area contributed by atoms with Gasteiger partial charge in [0.05, 0.1) is 6.42 Å². The fourth-order valence-electron chi connectivity index (χ4n) is 1.47. The predicted molar refractivity (Wildman–Crippen MR) is 74.4 cm³/mol. The van der Waals surface area contributed by atoms with Gasteiger partial charge in [0.15, 0.2) is 0 Å². The van der Waals surface area contributed by atoms with Crippen molar-refractivity contribution in [2.45, 2.75) is 27.2 Å². The third kappa shape index (κ3) is 5.86. The number of esters is 1. The highest BCUT2D eigenvalue weighted by Crippen LogP contribution is 2.23. The highest BCUT2D eigenvalue weighted by Gasteiger charge is 2.18. The van der Waals surface area contributed by atoms with Crippen molar-refractivity contribution in [3.63, 3.8) is 0 Å². The lowest BCUT2D eigenvalue weighted by atomic mass is 9.92. The summed E-state index contributed by atoms with van der Waals surface area (Å²) in [7, 11) is 0. The van der Waals surface area contributed by atoms with E-state index in [1.807, 2.05) is 20.8 Å². The molecule has 0 spiro atoms. The van der Waals surface area contributed by atoms with E-state index in [0.29, 0.717) is 17.7 Å². The van der Waals surface area contributed by atoms with Crippen LogP contribution < -0.4 is 10.5 Å². The molecule has 1 amide bonds. The number of benzene rings is 1. The normalized spacial score (nSPS) is 11.5. The number of carbonyl (C=O) groups is 2. The Morgan fingerprint density at radius 3 is 2.47 bits per heavy atom. The maximum absolute atomic E-state index is 11.8. The molecule has 0 aromatic heterocycles. The van der Waals surface area contributed by atoms with Gasteiger partial charge in [0.1, 0.15) is 5.75 Å². The quantitative estimate of drug-likeness (QED) is 0.514. The number of hydrogen-bond donors (Lipinski definition) is 1. The van der Waals surface area contributed by atoms with Crippen LogP contribution in [0.5, 0.6) is 5.75 Å². The zero-order chi connectivity index (χ0) is 14.5. The third-order valence-electron chi connectivity index (χ3n) is 2.24. The number of carbonyl (C=O) groups excluding carboxylic acids is 2. The van der Waals surface area contributed by atoms with Crippen LogP contribution in [0.3, 0.4) is 0 Å². The first-order valence-corrected chi connectivity index (χ1v) is 6.05. The molecule has 0 fully saturated rings. The fraction of sp³-hybridized carbons (Fsp3) is 0.333. The number of ether oxygens (including phenoxy) is 1. The number of para-hydroxylation sites is 1. The Morgan fingerprint density at radius 1 is 1.26 bits per heavy atom. The van der Waals surface area contributed by atoms with Crippen LogP contribution in [0, 0.1) is 5.41 Å². The molecule has 0 radical (unpaired) electrons. The van der Waals surface area contributed by atoms with E-state index in [1.54, 1.807) is 24.3 Å². The molecular weight excluding hydrogens is 242 g/mol. The number of amides is 1. The zero-order valence-corrected chi connectivity index (χ0v) is 11.5. The summed E-state index contributed by atoms with van der Waals surface area (Å²) < 4.78 is 5.31. The molecular formula is C15H19NO3. The van der Waals surface area contributed by atoms with E-state index in [2.05, 4.69) is 0 Å². The van der Waals surface area contributed by atoms with Crippen molar-refractivity contribution in [1.82, 2.24) is 0 Å². The van der Waals surface area contributed by atoms with Crippen LogP contribution in [-0.4, -0.2) is 11.9 Å². The van der Waals surface area contributed by atoms with Gasteiger partial charge in [0.2, 0.25) is 5.91 Å². The molecule has 0 aliphatic heterocycles. The van der Waals surface area contributed by atoms with Crippen molar-refractivity contribution >= 4 is 18.0 Å². The van der Waals surface area contributed by atoms with E-state index in [1.165, 1.54) is 12.2 Å². The minimum Gasteiger partial charge on any atom is -0.426 e. The van der Waals surface area contributed by atoms with E-state index in [9.17, 15) is 9.59 Å². The lowest BCUT2D eigenvalue weighted by molar-refractivity contribution is -0.136. The van der Waals surface area contributed by atoms with Crippen LogP contribution in [0.25, 0.3) is 6.08 Å². The summed E-state index contributed by atoms with van der Waals surface area (Å²) in [4.78, 5) is 22.5. The summed E-state index contributed by atoms with van der Waals surface area (Å²) >= 11 is 0. The lowest BCUT2D eigenvalue weighted by Crippen LogP contribution is -2.18. The SMILES string of the molecule is CC(C)(C)CC(=O)Oc1ccccc1/C=C/C(N)=O. The molecule has 19 heavy (non-hydrogen) atoms. The van der Waals surface area contributed by atoms with Gasteiger partial charge >= 0.3 is 5.97 Å². The van der Waals surface area contributed by atoms with Gasteiger partial charge in [-0.15, -0.1) is 0 Å². The zero-order valence-electron chi connectivity index (χ0n) is 11.5. The second-order valence-electron chi connectivity index (χ2n) is 5.49. The molecule has 1 rings (SSSR count). The summed E-state index contributed by atoms with van der Waals surface area (Å²) in [5, 5.41) is 0. The Kier molecular flexibility index (Phi) is 4.87. The molecule has 1 aromatic carbocycles. The van der Waals surface area contributed by atoms with Crippen LogP contribution in [0.1, 0.15) is 32.8 Å². The van der Waals surface area contributed by atoms with E-state index in [4.69, 9.17) is 10.5 Å². The van der Waals surface area contributed by atoms with Crippen LogP contribution >= 0.6 is 0 Å². The maximum atomic E-state index is 11.8. The monoisotopic (exact) mass is 261 g/mol. The molecule has 0 aliphatic rings. The second kappa shape index (κ2) is 6.18. The topological polar surface area (TPSA) is 69.4 Å². The van der Waals surface area contributed by atoms with Gasteiger partial charge in [0, 0.05) is 11.6 Å². The van der Waals surface area contributed by atoms with Gasteiger partial charge in [-0.3, -0.25) is 9.59 Å². The Morgan fingerprint density at radius 2 is 1.89 bits per heavy atom. The van der Waals surface area contributed by atoms with Gasteiger partial charge in [0.25, 0.3) is 0 Å². The summed E-state index contributed by atoms with van der Waals surface area (Å²) in [6.07, 6.45) is 3.08. The molecule has 0 bridgehead atoms. The van der Waals surface area contributed by atoms with Gasteiger partial charge in [-0.1, -0.05) is 39.0 Å². The van der Waals surface area contributed by atoms with Crippen LogP contribution in [-0.2, 0) is 9.59 Å². The van der Waals surface area contributed by atoms with Crippen molar-refractivity contribution in [3.8, 4) is 5.75 Å². The summed E-state index contributed by atoms with van der Waals surface area (Å²) in [6, 6.07) is 6.99. The standard InChI is InChI=1S/C15H19NO3/c1-15(2,3)10-14(18)19-12-7-5-4-6-11(12)8-9-13(16)17/h4-9H,10H2,1-3H3,(H2,16,17)/b9-8+. The van der Waals surface area contributed by atoms with Crippen LogP contribution in [0.15, 0.2) is 30.3 Å². The van der Waals surface area contributed by atoms with E-state index < -0.39 is 5.91 Å². The summed E-state index contributed by atoms with van der Waals surface area (Å²) in [5.74, 6) is -0.419. The predicted octanol–water partition coefficient (Wildman–Crippen LogP) is 2.53. The Labute approximate surface area is 113 Å². The van der Waals surface area contributed by atoms with Crippen molar-refractivity contribution < 1.29 is 14.3 Å². The minimum absolute atomic E-state index is 0.130. The Hall–Kier alpha value is -2.10.